The van der Waals surface area contributed by atoms with Crippen LogP contribution in [0.5, 0.6) is 5.88 Å². The summed E-state index contributed by atoms with van der Waals surface area (Å²) in [6.07, 6.45) is 4.71. The number of ether oxygens (including phenoxy) is 1. The maximum Gasteiger partial charge on any atom is 0.243 e. The summed E-state index contributed by atoms with van der Waals surface area (Å²) in [6.45, 7) is 1.55. The summed E-state index contributed by atoms with van der Waals surface area (Å²) in [5, 5.41) is 5.12. The SMILES string of the molecule is CN1CCCC1CCOc1ncccc1S(N)(=O)=O. The average molecular weight is 285 g/mol. The molecule has 2 N–H and O–H groups in total. The molecular weight excluding hydrogens is 266 g/mol. The van der Waals surface area contributed by atoms with E-state index in [9.17, 15) is 8.42 Å². The number of primary sulfonamides is 1. The lowest BCUT2D eigenvalue weighted by atomic mass is 10.1. The zero-order valence-corrected chi connectivity index (χ0v) is 11.8. The van der Waals surface area contributed by atoms with Gasteiger partial charge in [0, 0.05) is 12.2 Å². The Hall–Kier alpha value is -1.18. The minimum Gasteiger partial charge on any atom is -0.477 e. The highest BCUT2D eigenvalue weighted by Crippen LogP contribution is 2.21. The molecule has 1 fully saturated rings. The van der Waals surface area contributed by atoms with Gasteiger partial charge in [0.1, 0.15) is 4.90 Å². The predicted molar refractivity (Wildman–Crippen MR) is 71.4 cm³/mol. The summed E-state index contributed by atoms with van der Waals surface area (Å²) in [5.74, 6) is 0.0886. The standard InChI is InChI=1S/C12H19N3O3S/c1-15-8-3-4-10(15)6-9-18-12-11(19(13,16)17)5-2-7-14-12/h2,5,7,10H,3-4,6,8-9H2,1H3,(H2,13,16,17). The first kappa shape index (κ1) is 14.2. The van der Waals surface area contributed by atoms with Gasteiger partial charge in [0.05, 0.1) is 6.61 Å². The maximum absolute atomic E-state index is 11.4. The van der Waals surface area contributed by atoms with E-state index in [4.69, 9.17) is 9.88 Å². The lowest BCUT2D eigenvalue weighted by Crippen LogP contribution is -2.26. The molecule has 0 bridgehead atoms. The molecular formula is C12H19N3O3S. The molecule has 19 heavy (non-hydrogen) atoms. The first-order valence-corrected chi connectivity index (χ1v) is 7.84. The molecule has 2 heterocycles. The van der Waals surface area contributed by atoms with Gasteiger partial charge in [-0.3, -0.25) is 0 Å². The van der Waals surface area contributed by atoms with Crippen LogP contribution in [0, 0.1) is 0 Å². The first-order valence-electron chi connectivity index (χ1n) is 6.29. The Bertz CT molecular complexity index is 533. The van der Waals surface area contributed by atoms with Crippen LogP contribution in [0.15, 0.2) is 23.2 Å². The van der Waals surface area contributed by atoms with Gasteiger partial charge >= 0.3 is 0 Å². The van der Waals surface area contributed by atoms with E-state index < -0.39 is 10.0 Å². The van der Waals surface area contributed by atoms with Crippen LogP contribution in [0.1, 0.15) is 19.3 Å². The monoisotopic (exact) mass is 285 g/mol. The number of pyridine rings is 1. The molecule has 0 spiro atoms. The van der Waals surface area contributed by atoms with Crippen molar-refractivity contribution in [3.63, 3.8) is 0 Å². The summed E-state index contributed by atoms with van der Waals surface area (Å²) in [7, 11) is -1.70. The zero-order chi connectivity index (χ0) is 13.9. The molecule has 1 aliphatic rings. The third kappa shape index (κ3) is 3.65. The Labute approximate surface area is 113 Å². The lowest BCUT2D eigenvalue weighted by molar-refractivity contribution is 0.225. The smallest absolute Gasteiger partial charge is 0.243 e. The van der Waals surface area contributed by atoms with Gasteiger partial charge in [-0.2, -0.15) is 0 Å². The largest absolute Gasteiger partial charge is 0.477 e. The molecule has 1 unspecified atom stereocenters. The van der Waals surface area contributed by atoms with Crippen LogP contribution in [0.3, 0.4) is 0 Å². The van der Waals surface area contributed by atoms with Gasteiger partial charge in [-0.05, 0) is 45.0 Å². The number of aromatic nitrogens is 1. The van der Waals surface area contributed by atoms with E-state index in [0.29, 0.717) is 12.6 Å². The highest BCUT2D eigenvalue weighted by Gasteiger charge is 2.21. The molecule has 1 aromatic heterocycles. The van der Waals surface area contributed by atoms with Gasteiger partial charge in [-0.1, -0.05) is 0 Å². The maximum atomic E-state index is 11.4. The fourth-order valence-electron chi connectivity index (χ4n) is 2.34. The summed E-state index contributed by atoms with van der Waals surface area (Å²) in [4.78, 5) is 6.17. The number of sulfonamides is 1. The Balaban J connectivity index is 1.96. The number of likely N-dealkylation sites (tertiary alicyclic amines) is 1. The molecule has 2 rings (SSSR count). The predicted octanol–water partition coefficient (Wildman–Crippen LogP) is 0.592. The van der Waals surface area contributed by atoms with Crippen molar-refractivity contribution < 1.29 is 13.2 Å². The molecule has 0 saturated carbocycles. The van der Waals surface area contributed by atoms with Gasteiger partial charge in [0.2, 0.25) is 15.9 Å². The molecule has 0 radical (unpaired) electrons. The van der Waals surface area contributed by atoms with Gasteiger partial charge in [-0.15, -0.1) is 0 Å². The van der Waals surface area contributed by atoms with Crippen molar-refractivity contribution in [2.24, 2.45) is 5.14 Å². The van der Waals surface area contributed by atoms with Gasteiger partial charge < -0.3 is 9.64 Å². The van der Waals surface area contributed by atoms with E-state index in [1.807, 2.05) is 0 Å². The van der Waals surface area contributed by atoms with Crippen molar-refractivity contribution in [2.45, 2.75) is 30.2 Å². The quantitative estimate of drug-likeness (QED) is 0.856. The van der Waals surface area contributed by atoms with E-state index in [-0.39, 0.29) is 10.8 Å². The number of rotatable bonds is 5. The van der Waals surface area contributed by atoms with Crippen LogP contribution in [0.2, 0.25) is 0 Å². The van der Waals surface area contributed by atoms with Crippen LogP contribution < -0.4 is 9.88 Å². The van der Waals surface area contributed by atoms with E-state index in [0.717, 1.165) is 19.4 Å². The molecule has 7 heteroatoms. The van der Waals surface area contributed by atoms with E-state index >= 15 is 0 Å². The van der Waals surface area contributed by atoms with Crippen LogP contribution in [0.25, 0.3) is 0 Å². The second-order valence-electron chi connectivity index (χ2n) is 4.77. The van der Waals surface area contributed by atoms with Crippen molar-refractivity contribution in [1.82, 2.24) is 9.88 Å². The number of hydrogen-bond acceptors (Lipinski definition) is 5. The average Bonchev–Trinajstić information content (AvgIpc) is 2.75. The van der Waals surface area contributed by atoms with E-state index in [2.05, 4.69) is 16.9 Å². The molecule has 6 nitrogen and oxygen atoms in total. The highest BCUT2D eigenvalue weighted by molar-refractivity contribution is 7.89. The molecule has 0 aliphatic carbocycles. The molecule has 1 aromatic rings. The topological polar surface area (TPSA) is 85.5 Å². The van der Waals surface area contributed by atoms with Gasteiger partial charge in [0.15, 0.2) is 0 Å². The third-order valence-electron chi connectivity index (χ3n) is 3.40. The normalized spacial score (nSPS) is 20.6. The van der Waals surface area contributed by atoms with Crippen molar-refractivity contribution in [2.75, 3.05) is 20.2 Å². The van der Waals surface area contributed by atoms with Crippen molar-refractivity contribution in [3.05, 3.63) is 18.3 Å². The molecule has 106 valence electrons. The van der Waals surface area contributed by atoms with Crippen molar-refractivity contribution >= 4 is 10.0 Å². The Morgan fingerprint density at radius 3 is 3.00 bits per heavy atom. The Kier molecular flexibility index (Phi) is 4.38. The fourth-order valence-corrected chi connectivity index (χ4v) is 2.96. The van der Waals surface area contributed by atoms with E-state index in [1.54, 1.807) is 0 Å². The van der Waals surface area contributed by atoms with Crippen molar-refractivity contribution in [1.29, 1.82) is 0 Å². The van der Waals surface area contributed by atoms with E-state index in [1.165, 1.54) is 24.8 Å². The second-order valence-corrected chi connectivity index (χ2v) is 6.30. The highest BCUT2D eigenvalue weighted by atomic mass is 32.2. The Morgan fingerprint density at radius 2 is 2.37 bits per heavy atom. The molecule has 0 amide bonds. The summed E-state index contributed by atoms with van der Waals surface area (Å²) < 4.78 is 28.2. The number of hydrogen-bond donors (Lipinski definition) is 1. The van der Waals surface area contributed by atoms with Gasteiger partial charge in [0.25, 0.3) is 0 Å². The van der Waals surface area contributed by atoms with Crippen LogP contribution in [-0.2, 0) is 10.0 Å². The summed E-state index contributed by atoms with van der Waals surface area (Å²) in [6, 6.07) is 3.43. The first-order chi connectivity index (χ1) is 8.98. The molecule has 1 aliphatic heterocycles. The minimum absolute atomic E-state index is 0.0604. The fraction of sp³-hybridized carbons (Fsp3) is 0.583. The summed E-state index contributed by atoms with van der Waals surface area (Å²) in [5.41, 5.74) is 0. The minimum atomic E-state index is -3.79. The molecule has 1 atom stereocenters. The second kappa shape index (κ2) is 5.85. The Morgan fingerprint density at radius 1 is 1.58 bits per heavy atom. The van der Waals surface area contributed by atoms with Crippen LogP contribution in [-0.4, -0.2) is 44.5 Å². The zero-order valence-electron chi connectivity index (χ0n) is 10.9. The third-order valence-corrected chi connectivity index (χ3v) is 4.33. The van der Waals surface area contributed by atoms with Crippen LogP contribution in [0.4, 0.5) is 0 Å². The lowest BCUT2D eigenvalue weighted by Gasteiger charge is -2.19. The molecule has 1 saturated heterocycles. The summed E-state index contributed by atoms with van der Waals surface area (Å²) >= 11 is 0. The number of nitrogens with two attached hydrogens (primary N) is 1. The number of nitrogens with zero attached hydrogens (tertiary/aromatic N) is 2. The van der Waals surface area contributed by atoms with Crippen molar-refractivity contribution in [3.8, 4) is 5.88 Å². The molecule has 0 aromatic carbocycles. The van der Waals surface area contributed by atoms with Crippen LogP contribution >= 0.6 is 0 Å². The van der Waals surface area contributed by atoms with Gasteiger partial charge in [-0.25, -0.2) is 18.5 Å².